The van der Waals surface area contributed by atoms with Crippen molar-refractivity contribution < 1.29 is 39.3 Å². The van der Waals surface area contributed by atoms with Crippen molar-refractivity contribution in [3.8, 4) is 0 Å². The molecule has 0 saturated heterocycles. The van der Waals surface area contributed by atoms with E-state index in [2.05, 4.69) is 32.0 Å². The van der Waals surface area contributed by atoms with Crippen LogP contribution >= 0.6 is 0 Å². The van der Waals surface area contributed by atoms with E-state index in [-0.39, 0.29) is 67.5 Å². The Morgan fingerprint density at radius 2 is 1.14 bits per heavy atom. The molecule has 14 nitrogen and oxygen atoms in total. The number of aliphatic hydroxyl groups is 3. The maximum atomic E-state index is 14.9. The lowest BCUT2D eigenvalue weighted by Gasteiger charge is -2.32. The first-order valence-electron chi connectivity index (χ1n) is 17.7. The third kappa shape index (κ3) is 6.72. The van der Waals surface area contributed by atoms with Crippen LogP contribution in [0.1, 0.15) is 51.9 Å². The van der Waals surface area contributed by atoms with Crippen molar-refractivity contribution in [2.24, 2.45) is 11.8 Å². The van der Waals surface area contributed by atoms with Crippen molar-refractivity contribution in [1.29, 1.82) is 0 Å². The molecule has 4 aliphatic carbocycles. The van der Waals surface area contributed by atoms with Crippen LogP contribution in [0.2, 0.25) is 0 Å². The predicted octanol–water partition coefficient (Wildman–Crippen LogP) is 4.63. The van der Waals surface area contributed by atoms with Gasteiger partial charge in [-0.2, -0.15) is 0 Å². The third-order valence-electron chi connectivity index (χ3n) is 9.65. The van der Waals surface area contributed by atoms with Crippen LogP contribution in [-0.2, 0) is 19.2 Å². The number of aliphatic hydroxyl groups excluding tert-OH is 3. The molecule has 56 heavy (non-hydrogen) atoms. The quantitative estimate of drug-likeness (QED) is 0.103. The fourth-order valence-corrected chi connectivity index (χ4v) is 7.12. The summed E-state index contributed by atoms with van der Waals surface area (Å²) in [5.74, 6) is -5.82. The Labute approximate surface area is 322 Å². The molecule has 0 unspecified atom stereocenters. The van der Waals surface area contributed by atoms with Gasteiger partial charge in [0.05, 0.1) is 11.1 Å². The standard InChI is InChI=1S/C42H40N6O8/c1-19(2)29-25-15-21(5)31(37(51)33(25)27(35(49)39(29)53)17-45-47-41(55)23-7-11-43-12-8-23)32-22(6)16-26-30(20(3)4)40(54)36(50)28(34(26)38(32)52)18-46-48-42(56)24-9-13-44-14-10-24/h7-20,43,45-47,53-55H,1-6H3,(H,48,56). The molecule has 0 atom stereocenters. The van der Waals surface area contributed by atoms with E-state index >= 15 is 0 Å². The number of pyridine rings is 1. The second kappa shape index (κ2) is 15.3. The number of carbonyl (C=O) groups excluding carboxylic acids is 5. The zero-order valence-electron chi connectivity index (χ0n) is 31.4. The number of hydrogen-bond donors (Lipinski definition) is 8. The highest BCUT2D eigenvalue weighted by molar-refractivity contribution is 6.32. The Kier molecular flexibility index (Phi) is 10.5. The number of dihydropyridines is 1. The van der Waals surface area contributed by atoms with Crippen LogP contribution in [0.15, 0.2) is 163 Å². The number of amides is 1. The first-order chi connectivity index (χ1) is 26.6. The minimum Gasteiger partial charge on any atom is -0.504 e. The normalized spacial score (nSPS) is 21.2. The van der Waals surface area contributed by atoms with Gasteiger partial charge in [-0.15, -0.1) is 0 Å². The Morgan fingerprint density at radius 1 is 0.696 bits per heavy atom. The molecule has 0 fully saturated rings. The molecule has 0 spiro atoms. The van der Waals surface area contributed by atoms with Gasteiger partial charge in [0, 0.05) is 81.8 Å². The summed E-state index contributed by atoms with van der Waals surface area (Å²) in [7, 11) is 0. The van der Waals surface area contributed by atoms with Gasteiger partial charge in [0.25, 0.3) is 5.91 Å². The van der Waals surface area contributed by atoms with Gasteiger partial charge in [0.2, 0.25) is 17.4 Å². The van der Waals surface area contributed by atoms with Gasteiger partial charge in [-0.1, -0.05) is 39.8 Å². The molecule has 14 heteroatoms. The number of hydrogen-bond acceptors (Lipinski definition) is 13. The second-order valence-corrected chi connectivity index (χ2v) is 14.0. The maximum Gasteiger partial charge on any atom is 0.269 e. The molecule has 0 aromatic carbocycles. The minimum atomic E-state index is -0.867. The molecular weight excluding hydrogens is 716 g/mol. The summed E-state index contributed by atoms with van der Waals surface area (Å²) in [6.45, 7) is 10.3. The highest BCUT2D eigenvalue weighted by Gasteiger charge is 2.44. The topological polar surface area (TPSA) is 219 Å². The van der Waals surface area contributed by atoms with Crippen molar-refractivity contribution in [3.05, 3.63) is 169 Å². The lowest BCUT2D eigenvalue weighted by Crippen LogP contribution is -2.36. The predicted molar refractivity (Wildman–Crippen MR) is 206 cm³/mol. The van der Waals surface area contributed by atoms with Crippen molar-refractivity contribution >= 4 is 29.0 Å². The van der Waals surface area contributed by atoms with Crippen molar-refractivity contribution in [2.75, 3.05) is 0 Å². The molecule has 0 bridgehead atoms. The largest absolute Gasteiger partial charge is 0.504 e. The smallest absolute Gasteiger partial charge is 0.269 e. The monoisotopic (exact) mass is 756 g/mol. The molecule has 1 aromatic rings. The SMILES string of the molecule is CC1=CC2=C(C(=O)C1=C1C(=O)C3=C(C=C1C)C(C(C)C)=C(O)C(=O)C3=CNNC(O)=C1C=CNC=C1)C(=CNNC(=O)c1ccncc1)C(=O)C(O)=C2C(C)C. The summed E-state index contributed by atoms with van der Waals surface area (Å²) in [6, 6.07) is 2.96. The van der Waals surface area contributed by atoms with Crippen molar-refractivity contribution in [3.63, 3.8) is 0 Å². The van der Waals surface area contributed by atoms with Crippen molar-refractivity contribution in [1.82, 2.24) is 32.0 Å². The molecule has 1 aromatic heterocycles. The lowest BCUT2D eigenvalue weighted by molar-refractivity contribution is -0.117. The summed E-state index contributed by atoms with van der Waals surface area (Å²) in [5, 5.41) is 35.7. The zero-order valence-corrected chi connectivity index (χ0v) is 31.4. The number of allylic oxidation sites excluding steroid dienone is 17. The first-order valence-corrected chi connectivity index (χ1v) is 17.7. The van der Waals surface area contributed by atoms with E-state index < -0.39 is 46.5 Å². The highest BCUT2D eigenvalue weighted by atomic mass is 16.3. The van der Waals surface area contributed by atoms with Crippen LogP contribution in [0.25, 0.3) is 0 Å². The summed E-state index contributed by atoms with van der Waals surface area (Å²) < 4.78 is 0. The number of ketones is 4. The van der Waals surface area contributed by atoms with E-state index in [1.54, 1.807) is 78.2 Å². The summed E-state index contributed by atoms with van der Waals surface area (Å²) in [6.07, 6.45) is 14.8. The summed E-state index contributed by atoms with van der Waals surface area (Å²) in [5.41, 5.74) is 12.0. The number of carbonyl (C=O) groups is 5. The Bertz CT molecular complexity index is 2390. The number of Topliss-reactive ketones (excluding diaryl/α,β-unsaturated/α-hetero) is 4. The van der Waals surface area contributed by atoms with E-state index in [4.69, 9.17) is 0 Å². The second-order valence-electron chi connectivity index (χ2n) is 14.0. The van der Waals surface area contributed by atoms with Gasteiger partial charge in [-0.3, -0.25) is 39.8 Å². The lowest BCUT2D eigenvalue weighted by atomic mass is 9.69. The molecule has 0 saturated carbocycles. The van der Waals surface area contributed by atoms with Crippen molar-refractivity contribution in [2.45, 2.75) is 41.5 Å². The highest BCUT2D eigenvalue weighted by Crippen LogP contribution is 2.46. The number of hydrazine groups is 2. The van der Waals surface area contributed by atoms with Crippen LogP contribution in [0.5, 0.6) is 0 Å². The average Bonchev–Trinajstić information content (AvgIpc) is 3.16. The number of nitrogens with one attached hydrogen (secondary N) is 5. The van der Waals surface area contributed by atoms with E-state index in [0.717, 1.165) is 12.4 Å². The first kappa shape index (κ1) is 38.5. The van der Waals surface area contributed by atoms with E-state index in [0.29, 0.717) is 22.3 Å². The van der Waals surface area contributed by atoms with Gasteiger partial charge in [0.15, 0.2) is 23.1 Å². The molecule has 6 rings (SSSR count). The van der Waals surface area contributed by atoms with Gasteiger partial charge < -0.3 is 31.5 Å². The molecular formula is C42H40N6O8. The molecule has 8 N–H and O–H groups in total. The molecule has 1 aliphatic heterocycles. The maximum absolute atomic E-state index is 14.9. The average molecular weight is 757 g/mol. The van der Waals surface area contributed by atoms with Crippen LogP contribution in [0.3, 0.4) is 0 Å². The van der Waals surface area contributed by atoms with Crippen LogP contribution in [0, 0.1) is 11.8 Å². The van der Waals surface area contributed by atoms with Gasteiger partial charge in [-0.05, 0) is 72.3 Å². The van der Waals surface area contributed by atoms with Crippen LogP contribution in [-0.4, -0.2) is 49.3 Å². The zero-order chi connectivity index (χ0) is 40.6. The summed E-state index contributed by atoms with van der Waals surface area (Å²) in [4.78, 5) is 73.9. The molecule has 0 radical (unpaired) electrons. The summed E-state index contributed by atoms with van der Waals surface area (Å²) >= 11 is 0. The van der Waals surface area contributed by atoms with E-state index in [1.165, 1.54) is 24.5 Å². The molecule has 2 heterocycles. The van der Waals surface area contributed by atoms with Gasteiger partial charge in [0.1, 0.15) is 0 Å². The van der Waals surface area contributed by atoms with E-state index in [1.807, 2.05) is 0 Å². The number of rotatable bonds is 8. The Morgan fingerprint density at radius 3 is 1.59 bits per heavy atom. The minimum absolute atomic E-state index is 0.0317. The fourth-order valence-electron chi connectivity index (χ4n) is 7.12. The Balaban J connectivity index is 1.46. The molecule has 286 valence electrons. The van der Waals surface area contributed by atoms with Crippen LogP contribution < -0.4 is 27.0 Å². The Hall–Kier alpha value is -7.22. The molecule has 1 amide bonds. The van der Waals surface area contributed by atoms with Gasteiger partial charge in [-0.25, -0.2) is 0 Å². The number of aromatic nitrogens is 1. The van der Waals surface area contributed by atoms with Crippen LogP contribution in [0.4, 0.5) is 0 Å². The third-order valence-corrected chi connectivity index (χ3v) is 9.65. The number of nitrogens with zero attached hydrogens (tertiary/aromatic N) is 1. The fraction of sp³-hybridized carbons (Fsp3) is 0.190. The van der Waals surface area contributed by atoms with Gasteiger partial charge >= 0.3 is 0 Å². The van der Waals surface area contributed by atoms with E-state index in [9.17, 15) is 39.3 Å². The molecule has 5 aliphatic rings.